The topological polar surface area (TPSA) is 92.3 Å². The fraction of sp³-hybridized carbons (Fsp3) is 0.600. The monoisotopic (exact) mass is 1950 g/mol. The first-order chi connectivity index (χ1) is 46.7. The molecule has 530 valence electrons. The van der Waals surface area contributed by atoms with E-state index in [0.717, 1.165) is 295 Å². The van der Waals surface area contributed by atoms with E-state index in [-0.39, 0.29) is 0 Å². The van der Waals surface area contributed by atoms with E-state index in [1.807, 2.05) is 0 Å². The Hall–Kier alpha value is -1.10. The number of hydrogen-bond acceptors (Lipinski definition) is 10. The van der Waals surface area contributed by atoms with Crippen LogP contribution < -0.4 is 47.4 Å². The smallest absolute Gasteiger partial charge is 0.123 e. The van der Waals surface area contributed by atoms with Gasteiger partial charge in [-0.15, -0.1) is 0 Å². The maximum Gasteiger partial charge on any atom is 0.123 e. The van der Waals surface area contributed by atoms with Gasteiger partial charge in [0.1, 0.15) is 57.5 Å². The lowest BCUT2D eigenvalue weighted by atomic mass is 9.94. The van der Waals surface area contributed by atoms with Gasteiger partial charge in [-0.2, -0.15) is 0 Å². The Bertz CT molecular complexity index is 2300. The van der Waals surface area contributed by atoms with Gasteiger partial charge < -0.3 is 47.4 Å². The Morgan fingerprint density at radius 2 is 0.253 bits per heavy atom. The molecular formula is C75H100Br10O10. The molecule has 0 unspecified atom stereocenters. The standard InChI is InChI=1S/C75H100Br10O10/c76-21-1-11-31-86-66-46-57-42-59-49-71(91-36-16-6-26-81)61(51-70(59)90-35-15-5-25-80)44-63-53-75(95-40-20-10-30-85)65(55-74(63)94-39-19-9-29-84)45-64-54-72(92-37-17-7-27-82)62(52-73(64)93-38-18-8-28-83)43-60-50-68(88-33-13-3-23-78)58(48-69(60)89-34-14-4-24-79)41-56(66)47-67(57)87-32-12-2-22-77/h46-55H,1-45H2. The van der Waals surface area contributed by atoms with E-state index < -0.39 is 0 Å². The van der Waals surface area contributed by atoms with Crippen molar-refractivity contribution in [3.63, 3.8) is 0 Å². The summed E-state index contributed by atoms with van der Waals surface area (Å²) in [7, 11) is 0. The highest BCUT2D eigenvalue weighted by atomic mass is 79.9. The van der Waals surface area contributed by atoms with Gasteiger partial charge >= 0.3 is 0 Å². The van der Waals surface area contributed by atoms with E-state index in [0.29, 0.717) is 98.2 Å². The number of hydrogen-bond donors (Lipinski definition) is 0. The summed E-state index contributed by atoms with van der Waals surface area (Å²) in [6.07, 6.45) is 21.3. The van der Waals surface area contributed by atoms with Crippen LogP contribution in [0.3, 0.4) is 0 Å². The third-order valence-electron chi connectivity index (χ3n) is 16.0. The molecule has 10 bridgehead atoms. The van der Waals surface area contributed by atoms with Crippen molar-refractivity contribution >= 4 is 159 Å². The second-order valence-corrected chi connectivity index (χ2v) is 31.6. The van der Waals surface area contributed by atoms with Crippen LogP contribution in [0.1, 0.15) is 184 Å². The molecule has 0 amide bonds. The van der Waals surface area contributed by atoms with Gasteiger partial charge in [0.25, 0.3) is 0 Å². The Morgan fingerprint density at radius 1 is 0.158 bits per heavy atom. The number of unbranched alkanes of at least 4 members (excludes halogenated alkanes) is 10. The van der Waals surface area contributed by atoms with Crippen molar-refractivity contribution in [3.05, 3.63) is 116 Å². The quantitative estimate of drug-likeness (QED) is 0.0272. The number of halogens is 10. The van der Waals surface area contributed by atoms with Crippen LogP contribution in [0.15, 0.2) is 60.7 Å². The first kappa shape index (κ1) is 82.9. The Kier molecular flexibility index (Phi) is 44.6. The lowest BCUT2D eigenvalue weighted by molar-refractivity contribution is 0.292. The van der Waals surface area contributed by atoms with Crippen molar-refractivity contribution in [1.29, 1.82) is 0 Å². The molecule has 0 fully saturated rings. The number of benzene rings is 5. The first-order valence-electron chi connectivity index (χ1n) is 34.4. The molecule has 0 radical (unpaired) electrons. The van der Waals surface area contributed by atoms with Crippen molar-refractivity contribution in [2.75, 3.05) is 119 Å². The van der Waals surface area contributed by atoms with Crippen LogP contribution in [0, 0.1) is 0 Å². The molecule has 95 heavy (non-hydrogen) atoms. The molecular weight excluding hydrogens is 1860 g/mol. The molecule has 10 aliphatic rings. The normalized spacial score (nSPS) is 12.1. The number of ether oxygens (including phenoxy) is 10. The SMILES string of the molecule is BrCCCCOc1cc2c(OCCCCBr)cc1Cc1cc(OCCCCBr)c(cc1OCCCCBr)Cc1cc(OCCCCBr)c(cc1OCCCCBr)Cc1cc(OCCCCBr)c(cc1OCCCCBr)Cc1cc(OCCCCBr)c(cc1OCCCCBr)C2. The van der Waals surface area contributed by atoms with Crippen LogP contribution in [-0.4, -0.2) is 119 Å². The average Bonchev–Trinajstić information content (AvgIpc) is 1.12. The fourth-order valence-corrected chi connectivity index (χ4v) is 14.7. The summed E-state index contributed by atoms with van der Waals surface area (Å²) in [4.78, 5) is 0. The van der Waals surface area contributed by atoms with Crippen LogP contribution in [0.2, 0.25) is 0 Å². The summed E-state index contributed by atoms with van der Waals surface area (Å²) in [6.45, 7) is 5.53. The molecule has 0 aromatic heterocycles. The third-order valence-corrected chi connectivity index (χ3v) is 21.6. The molecule has 20 heteroatoms. The van der Waals surface area contributed by atoms with Crippen molar-refractivity contribution < 1.29 is 47.4 Å². The van der Waals surface area contributed by atoms with Gasteiger partial charge in [-0.3, -0.25) is 0 Å². The third kappa shape index (κ3) is 30.4. The number of alkyl halides is 10. The minimum Gasteiger partial charge on any atom is -0.493 e. The molecule has 0 saturated carbocycles. The molecule has 0 aliphatic heterocycles. The Balaban J connectivity index is 1.77. The lowest BCUT2D eigenvalue weighted by Crippen LogP contribution is -2.10. The second-order valence-electron chi connectivity index (χ2n) is 23.7. The molecule has 15 rings (SSSR count). The number of rotatable bonds is 50. The highest BCUT2D eigenvalue weighted by Gasteiger charge is 2.25. The predicted molar refractivity (Wildman–Crippen MR) is 431 cm³/mol. The lowest BCUT2D eigenvalue weighted by Gasteiger charge is -2.22. The molecule has 0 spiro atoms. The van der Waals surface area contributed by atoms with Crippen LogP contribution in [0.25, 0.3) is 0 Å². The zero-order chi connectivity index (χ0) is 67.5. The van der Waals surface area contributed by atoms with E-state index in [1.165, 1.54) is 0 Å². The van der Waals surface area contributed by atoms with E-state index in [9.17, 15) is 0 Å². The van der Waals surface area contributed by atoms with Crippen molar-refractivity contribution in [3.8, 4) is 57.5 Å². The van der Waals surface area contributed by atoms with Crippen LogP contribution in [0.5, 0.6) is 57.5 Å². The van der Waals surface area contributed by atoms with Crippen molar-refractivity contribution in [2.24, 2.45) is 0 Å². The zero-order valence-electron chi connectivity index (χ0n) is 55.5. The molecule has 0 saturated heterocycles. The highest BCUT2D eigenvalue weighted by molar-refractivity contribution is 9.10. The molecule has 0 N–H and O–H groups in total. The largest absolute Gasteiger partial charge is 0.493 e. The van der Waals surface area contributed by atoms with E-state index in [4.69, 9.17) is 47.4 Å². The summed E-state index contributed by atoms with van der Waals surface area (Å²) in [6, 6.07) is 22.3. The Labute approximate surface area is 653 Å². The maximum absolute atomic E-state index is 7.01. The summed E-state index contributed by atoms with van der Waals surface area (Å²) >= 11 is 36.9. The molecule has 5 aromatic carbocycles. The minimum atomic E-state index is 0.508. The van der Waals surface area contributed by atoms with Gasteiger partial charge in [-0.25, -0.2) is 0 Å². The zero-order valence-corrected chi connectivity index (χ0v) is 71.3. The summed E-state index contributed by atoms with van der Waals surface area (Å²) < 4.78 is 70.1. The van der Waals surface area contributed by atoms with Gasteiger partial charge in [-0.05, 0) is 189 Å². The molecule has 10 nitrogen and oxygen atoms in total. The van der Waals surface area contributed by atoms with E-state index >= 15 is 0 Å². The summed E-state index contributed by atoms with van der Waals surface area (Å²) in [5, 5.41) is 8.98. The van der Waals surface area contributed by atoms with E-state index in [1.54, 1.807) is 0 Å². The van der Waals surface area contributed by atoms with E-state index in [2.05, 4.69) is 220 Å². The van der Waals surface area contributed by atoms with Crippen molar-refractivity contribution in [2.45, 2.75) is 161 Å². The minimum absolute atomic E-state index is 0.508. The van der Waals surface area contributed by atoms with Crippen LogP contribution >= 0.6 is 159 Å². The predicted octanol–water partition coefficient (Wildman–Crippen LogP) is 23.5. The molecule has 10 aliphatic carbocycles. The van der Waals surface area contributed by atoms with Gasteiger partial charge in [0.2, 0.25) is 0 Å². The summed E-state index contributed by atoms with van der Waals surface area (Å²) in [5.41, 5.74) is 10.1. The van der Waals surface area contributed by atoms with Crippen LogP contribution in [0.4, 0.5) is 0 Å². The molecule has 0 heterocycles. The molecule has 0 atom stereocenters. The van der Waals surface area contributed by atoms with Gasteiger partial charge in [0.05, 0.1) is 66.1 Å². The maximum atomic E-state index is 7.01. The average molecular weight is 1960 g/mol. The fourth-order valence-electron chi connectivity index (χ4n) is 10.8. The van der Waals surface area contributed by atoms with Gasteiger partial charge in [-0.1, -0.05) is 159 Å². The highest BCUT2D eigenvalue weighted by Crippen LogP contribution is 2.44. The van der Waals surface area contributed by atoms with Crippen molar-refractivity contribution in [1.82, 2.24) is 0 Å². The second kappa shape index (κ2) is 51.1. The molecule has 5 aromatic rings. The Morgan fingerprint density at radius 3 is 0.337 bits per heavy atom. The van der Waals surface area contributed by atoms with Crippen LogP contribution in [-0.2, 0) is 32.1 Å². The van der Waals surface area contributed by atoms with Gasteiger partial charge in [0.15, 0.2) is 0 Å². The summed E-state index contributed by atoms with van der Waals surface area (Å²) in [5.74, 6) is 8.12. The first-order valence-corrected chi connectivity index (χ1v) is 45.6. The van der Waals surface area contributed by atoms with Gasteiger partial charge in [0, 0.05) is 141 Å².